The predicted molar refractivity (Wildman–Crippen MR) is 41.6 cm³/mol. The van der Waals surface area contributed by atoms with Crippen molar-refractivity contribution in [2.75, 3.05) is 5.32 Å². The molecule has 4 heteroatoms. The van der Waals surface area contributed by atoms with Crippen LogP contribution in [0.15, 0.2) is 22.9 Å². The van der Waals surface area contributed by atoms with Crippen LogP contribution in [0.5, 0.6) is 0 Å². The molecule has 0 saturated heterocycles. The number of hydrogen-bond acceptors (Lipinski definition) is 2. The third-order valence-electron chi connectivity index (χ3n) is 0.930. The van der Waals surface area contributed by atoms with Crippen LogP contribution in [0.3, 0.4) is 0 Å². The van der Waals surface area contributed by atoms with Gasteiger partial charge < -0.3 is 5.32 Å². The van der Waals surface area contributed by atoms with E-state index < -0.39 is 0 Å². The molecular weight excluding hydrogens is 196 g/mol. The summed E-state index contributed by atoms with van der Waals surface area (Å²) < 4.78 is 0.847. The van der Waals surface area contributed by atoms with Crippen LogP contribution < -0.4 is 5.32 Å². The van der Waals surface area contributed by atoms with Crippen LogP contribution in [0, 0.1) is 0 Å². The maximum Gasteiger partial charge on any atom is 0.211 e. The van der Waals surface area contributed by atoms with Gasteiger partial charge in [-0.05, 0) is 22.0 Å². The molecule has 1 amide bonds. The quantitative estimate of drug-likeness (QED) is 0.735. The minimum atomic E-state index is 0.615. The van der Waals surface area contributed by atoms with E-state index in [0.29, 0.717) is 12.1 Å². The zero-order valence-electron chi connectivity index (χ0n) is 5.04. The summed E-state index contributed by atoms with van der Waals surface area (Å²) in [5, 5.41) is 2.48. The summed E-state index contributed by atoms with van der Waals surface area (Å²) >= 11 is 3.21. The lowest BCUT2D eigenvalue weighted by Crippen LogP contribution is -1.93. The number of carbonyl (C=O) groups is 1. The first-order chi connectivity index (χ1) is 4.83. The number of nitrogens with zero attached hydrogens (tertiary/aromatic N) is 1. The van der Waals surface area contributed by atoms with E-state index in [2.05, 4.69) is 26.2 Å². The van der Waals surface area contributed by atoms with E-state index in [9.17, 15) is 4.79 Å². The fourth-order valence-electron chi connectivity index (χ4n) is 0.559. The number of amides is 1. The number of hydrogen-bond donors (Lipinski definition) is 1. The summed E-state index contributed by atoms with van der Waals surface area (Å²) in [7, 11) is 0. The van der Waals surface area contributed by atoms with Crippen molar-refractivity contribution in [3.05, 3.63) is 22.9 Å². The number of anilines is 1. The number of carbonyl (C=O) groups excluding carboxylic acids is 1. The molecule has 1 aromatic rings. The van der Waals surface area contributed by atoms with Gasteiger partial charge in [-0.25, -0.2) is 0 Å². The Morgan fingerprint density at radius 1 is 1.60 bits per heavy atom. The van der Waals surface area contributed by atoms with Crippen molar-refractivity contribution in [2.45, 2.75) is 0 Å². The average molecular weight is 201 g/mol. The van der Waals surface area contributed by atoms with E-state index in [4.69, 9.17) is 0 Å². The molecule has 0 atom stereocenters. The Labute approximate surface area is 66.6 Å². The molecule has 0 unspecified atom stereocenters. The smallest absolute Gasteiger partial charge is 0.211 e. The van der Waals surface area contributed by atoms with Gasteiger partial charge in [0.15, 0.2) is 0 Å². The predicted octanol–water partition coefficient (Wildman–Crippen LogP) is 1.41. The molecule has 0 spiro atoms. The maximum absolute atomic E-state index is 9.93. The van der Waals surface area contributed by atoms with Gasteiger partial charge in [-0.3, -0.25) is 9.78 Å². The summed E-state index contributed by atoms with van der Waals surface area (Å²) in [6.45, 7) is 0. The first kappa shape index (κ1) is 7.21. The number of pyridine rings is 1. The van der Waals surface area contributed by atoms with Crippen LogP contribution in [0.25, 0.3) is 0 Å². The molecule has 10 heavy (non-hydrogen) atoms. The fraction of sp³-hybridized carbons (Fsp3) is 0. The van der Waals surface area contributed by atoms with Gasteiger partial charge in [-0.2, -0.15) is 0 Å². The van der Waals surface area contributed by atoms with Gasteiger partial charge in [0.25, 0.3) is 0 Å². The second-order valence-electron chi connectivity index (χ2n) is 1.65. The zero-order chi connectivity index (χ0) is 7.40. The molecule has 0 radical (unpaired) electrons. The molecule has 0 aliphatic rings. The first-order valence-electron chi connectivity index (χ1n) is 2.63. The third-order valence-corrected chi connectivity index (χ3v) is 1.36. The monoisotopic (exact) mass is 200 g/mol. The molecule has 0 aromatic carbocycles. The molecule has 0 fully saturated rings. The molecule has 0 bridgehead atoms. The second-order valence-corrected chi connectivity index (χ2v) is 2.57. The highest BCUT2D eigenvalue weighted by atomic mass is 79.9. The first-order valence-corrected chi connectivity index (χ1v) is 3.43. The summed E-state index contributed by atoms with van der Waals surface area (Å²) in [4.78, 5) is 13.8. The van der Waals surface area contributed by atoms with Crippen LogP contribution in [0.2, 0.25) is 0 Å². The Morgan fingerprint density at radius 3 is 3.00 bits per heavy atom. The van der Waals surface area contributed by atoms with Crippen molar-refractivity contribution >= 4 is 28.0 Å². The molecule has 0 saturated carbocycles. The lowest BCUT2D eigenvalue weighted by atomic mass is 10.4. The van der Waals surface area contributed by atoms with Gasteiger partial charge in [0.05, 0.1) is 11.9 Å². The van der Waals surface area contributed by atoms with Crippen LogP contribution in [0.1, 0.15) is 0 Å². The van der Waals surface area contributed by atoms with Gasteiger partial charge in [-0.1, -0.05) is 0 Å². The second kappa shape index (κ2) is 3.31. The van der Waals surface area contributed by atoms with Crippen molar-refractivity contribution in [2.24, 2.45) is 0 Å². The van der Waals surface area contributed by atoms with Crippen molar-refractivity contribution < 1.29 is 4.79 Å². The van der Waals surface area contributed by atoms with E-state index >= 15 is 0 Å². The molecule has 1 aromatic heterocycles. The van der Waals surface area contributed by atoms with E-state index in [1.54, 1.807) is 18.5 Å². The van der Waals surface area contributed by atoms with Gasteiger partial charge >= 0.3 is 0 Å². The highest BCUT2D eigenvalue weighted by molar-refractivity contribution is 9.10. The van der Waals surface area contributed by atoms with E-state index in [-0.39, 0.29) is 0 Å². The van der Waals surface area contributed by atoms with Crippen molar-refractivity contribution in [1.82, 2.24) is 4.98 Å². The van der Waals surface area contributed by atoms with Crippen LogP contribution in [-0.4, -0.2) is 11.4 Å². The Morgan fingerprint density at radius 2 is 2.40 bits per heavy atom. The van der Waals surface area contributed by atoms with Crippen molar-refractivity contribution in [3.8, 4) is 0 Å². The van der Waals surface area contributed by atoms with E-state index in [1.807, 2.05) is 0 Å². The van der Waals surface area contributed by atoms with Crippen molar-refractivity contribution in [1.29, 1.82) is 0 Å². The molecule has 1 rings (SSSR count). The van der Waals surface area contributed by atoms with Crippen molar-refractivity contribution in [3.63, 3.8) is 0 Å². The normalized spacial score (nSPS) is 8.90. The van der Waals surface area contributed by atoms with Crippen LogP contribution in [0.4, 0.5) is 5.69 Å². The Bertz CT molecular complexity index is 239. The van der Waals surface area contributed by atoms with Crippen LogP contribution >= 0.6 is 15.9 Å². The fourth-order valence-corrected chi connectivity index (χ4v) is 0.924. The zero-order valence-corrected chi connectivity index (χ0v) is 6.63. The topological polar surface area (TPSA) is 42.0 Å². The lowest BCUT2D eigenvalue weighted by molar-refractivity contribution is -0.105. The van der Waals surface area contributed by atoms with Gasteiger partial charge in [0.2, 0.25) is 6.41 Å². The maximum atomic E-state index is 9.93. The average Bonchev–Trinajstić information content (AvgIpc) is 1.88. The summed E-state index contributed by atoms with van der Waals surface area (Å²) in [5.41, 5.74) is 0.685. The molecule has 3 nitrogen and oxygen atoms in total. The number of rotatable bonds is 2. The molecule has 52 valence electrons. The SMILES string of the molecule is O=CNc1cncc(Br)c1. The Balaban J connectivity index is 2.84. The third kappa shape index (κ3) is 1.80. The molecular formula is C6H5BrN2O. The van der Waals surface area contributed by atoms with E-state index in [0.717, 1.165) is 4.47 Å². The summed E-state index contributed by atoms with van der Waals surface area (Å²) in [5.74, 6) is 0. The number of halogens is 1. The van der Waals surface area contributed by atoms with Gasteiger partial charge in [-0.15, -0.1) is 0 Å². The molecule has 1 heterocycles. The molecule has 0 aliphatic carbocycles. The molecule has 0 aliphatic heterocycles. The Hall–Kier alpha value is -0.900. The lowest BCUT2D eigenvalue weighted by Gasteiger charge is -1.95. The summed E-state index contributed by atoms with van der Waals surface area (Å²) in [6, 6.07) is 1.77. The standard InChI is InChI=1S/C6H5BrN2O/c7-5-1-6(9-4-10)3-8-2-5/h1-4H,(H,9,10). The highest BCUT2D eigenvalue weighted by Gasteiger charge is 1.89. The number of nitrogens with one attached hydrogen (secondary N) is 1. The van der Waals surface area contributed by atoms with Gasteiger partial charge in [0, 0.05) is 10.7 Å². The summed E-state index contributed by atoms with van der Waals surface area (Å²) in [6.07, 6.45) is 3.83. The highest BCUT2D eigenvalue weighted by Crippen LogP contribution is 2.12. The Kier molecular flexibility index (Phi) is 2.39. The van der Waals surface area contributed by atoms with Gasteiger partial charge in [0.1, 0.15) is 0 Å². The van der Waals surface area contributed by atoms with Crippen LogP contribution in [-0.2, 0) is 4.79 Å². The largest absolute Gasteiger partial charge is 0.327 e. The molecule has 1 N–H and O–H groups in total. The van der Waals surface area contributed by atoms with E-state index in [1.165, 1.54) is 0 Å². The minimum absolute atomic E-state index is 0.615. The minimum Gasteiger partial charge on any atom is -0.327 e. The number of aromatic nitrogens is 1.